The Morgan fingerprint density at radius 1 is 1.44 bits per heavy atom. The number of guanidine groups is 1. The van der Waals surface area contributed by atoms with E-state index in [1.807, 2.05) is 0 Å². The van der Waals surface area contributed by atoms with Crippen molar-refractivity contribution in [2.24, 2.45) is 10.9 Å². The van der Waals surface area contributed by atoms with Gasteiger partial charge in [-0.05, 0) is 25.3 Å². The molecule has 4 atom stereocenters. The highest BCUT2D eigenvalue weighted by molar-refractivity contribution is 5.83. The Balaban J connectivity index is 1.57. The first-order valence-electron chi connectivity index (χ1n) is 14.6. The zero-order valence-corrected chi connectivity index (χ0v) is 21.3. The van der Waals surface area contributed by atoms with Crippen molar-refractivity contribution in [1.82, 2.24) is 20.7 Å². The highest BCUT2D eigenvalue weighted by Gasteiger charge is 2.57. The third kappa shape index (κ3) is 5.54. The molecule has 10 nitrogen and oxygen atoms in total. The SMILES string of the molecule is [2H]C1C([2H])([2H])C1([2H])NN1CC(C(F)(F)F)=CNC1=NC1(F)CC=C(OC)C=C1[N+]1(C(=O)C2CCN(C=O)C2)CCOCC1. The predicted octanol–water partition coefficient (Wildman–Crippen LogP) is 1.70. The molecule has 0 bridgehead atoms. The van der Waals surface area contributed by atoms with Crippen LogP contribution in [0, 0.1) is 5.92 Å². The van der Waals surface area contributed by atoms with E-state index in [9.17, 15) is 22.8 Å². The number of alkyl halides is 4. The van der Waals surface area contributed by atoms with Crippen LogP contribution in [0.2, 0.25) is 0 Å². The third-order valence-electron chi connectivity index (χ3n) is 7.47. The molecule has 0 spiro atoms. The number of hydrogen-bond acceptors (Lipinski definition) is 6. The lowest BCUT2D eigenvalue weighted by molar-refractivity contribution is -0.833. The Morgan fingerprint density at radius 3 is 2.79 bits per heavy atom. The molecule has 214 valence electrons. The zero-order valence-electron chi connectivity index (χ0n) is 25.3. The monoisotopic (exact) mass is 561 g/mol. The Bertz CT molecular complexity index is 1290. The molecule has 3 aliphatic heterocycles. The van der Waals surface area contributed by atoms with Crippen LogP contribution >= 0.6 is 0 Å². The number of aliphatic imine (C=N–C) groups is 1. The summed E-state index contributed by atoms with van der Waals surface area (Å²) in [5.74, 6) is -3.90. The van der Waals surface area contributed by atoms with Gasteiger partial charge < -0.3 is 19.7 Å². The second-order valence-electron chi connectivity index (χ2n) is 9.90. The van der Waals surface area contributed by atoms with E-state index in [2.05, 4.69) is 15.7 Å². The first kappa shape index (κ1) is 22.8. The Morgan fingerprint density at radius 2 is 2.18 bits per heavy atom. The summed E-state index contributed by atoms with van der Waals surface area (Å²) in [7, 11) is 1.37. The lowest BCUT2D eigenvalue weighted by Crippen LogP contribution is -2.64. The number of ether oxygens (including phenoxy) is 2. The Kier molecular flexibility index (Phi) is 6.17. The number of amides is 2. The first-order valence-corrected chi connectivity index (χ1v) is 12.6. The van der Waals surface area contributed by atoms with Gasteiger partial charge in [-0.1, -0.05) is 0 Å². The lowest BCUT2D eigenvalue weighted by atomic mass is 9.94. The van der Waals surface area contributed by atoms with Crippen LogP contribution in [-0.2, 0) is 19.1 Å². The summed E-state index contributed by atoms with van der Waals surface area (Å²) in [6.45, 7) is -0.139. The quantitative estimate of drug-likeness (QED) is 0.212. The molecule has 39 heavy (non-hydrogen) atoms. The predicted molar refractivity (Wildman–Crippen MR) is 131 cm³/mol. The van der Waals surface area contributed by atoms with Crippen LogP contribution in [-0.4, -0.2) is 104 Å². The van der Waals surface area contributed by atoms with Gasteiger partial charge in [0.2, 0.25) is 12.4 Å². The van der Waals surface area contributed by atoms with E-state index in [1.54, 1.807) is 0 Å². The van der Waals surface area contributed by atoms with Crippen molar-refractivity contribution in [3.63, 3.8) is 0 Å². The molecule has 0 aromatic carbocycles. The fourth-order valence-corrected chi connectivity index (χ4v) is 5.30. The maximum Gasteiger partial charge on any atom is 0.415 e. The van der Waals surface area contributed by atoms with Gasteiger partial charge >= 0.3 is 12.1 Å². The standard InChI is InChI=1S/C25H33F4N6O4/c1-38-20-4-6-24(26,31-23-30-13-18(25(27,28)29)15-34(23)32-19-2-3-19)21(12-20)35(8-10-39-11-9-35)22(37)17-5-7-33(14-17)16-36/h4,12-13,16-17,19,32H,2-3,5-11,14-15H2,1H3,(H,30,31)/q+1/i2D,3D2,19D. The molecule has 3 fully saturated rings. The number of allylic oxidation sites excluding steroid dienone is 1. The van der Waals surface area contributed by atoms with E-state index < -0.39 is 65.7 Å². The molecule has 3 heterocycles. The Hall–Kier alpha value is -2.97. The average Bonchev–Trinajstić information content (AvgIpc) is 3.30. The summed E-state index contributed by atoms with van der Waals surface area (Å²) in [6, 6.07) is -2.32. The van der Waals surface area contributed by atoms with Gasteiger partial charge in [-0.15, -0.1) is 0 Å². The number of halogens is 4. The second-order valence-corrected chi connectivity index (χ2v) is 9.90. The highest BCUT2D eigenvalue weighted by atomic mass is 19.4. The minimum Gasteiger partial charge on any atom is -0.497 e. The molecule has 2 aliphatic carbocycles. The summed E-state index contributed by atoms with van der Waals surface area (Å²) in [4.78, 5) is 31.2. The van der Waals surface area contributed by atoms with Crippen LogP contribution in [0.5, 0.6) is 0 Å². The molecular formula is C25H33F4N6O4+. The number of quaternary nitrogens is 1. The van der Waals surface area contributed by atoms with Gasteiger partial charge in [0.05, 0.1) is 38.4 Å². The topological polar surface area (TPSA) is 95.5 Å². The molecule has 2 N–H and O–H groups in total. The van der Waals surface area contributed by atoms with E-state index in [-0.39, 0.29) is 50.2 Å². The third-order valence-corrected chi connectivity index (χ3v) is 7.47. The van der Waals surface area contributed by atoms with Gasteiger partial charge in [0, 0.05) is 43.3 Å². The number of nitrogens with zero attached hydrogens (tertiary/aromatic N) is 4. The van der Waals surface area contributed by atoms with E-state index in [0.29, 0.717) is 30.6 Å². The van der Waals surface area contributed by atoms with Gasteiger partial charge in [-0.2, -0.15) is 13.2 Å². The van der Waals surface area contributed by atoms with Gasteiger partial charge in [0.25, 0.3) is 5.79 Å². The van der Waals surface area contributed by atoms with Crippen LogP contribution in [0.15, 0.2) is 40.4 Å². The van der Waals surface area contributed by atoms with Crippen molar-refractivity contribution < 1.29 is 46.6 Å². The first-order chi connectivity index (χ1) is 20.1. The molecule has 0 radical (unpaired) electrons. The minimum absolute atomic E-state index is 0.0415. The van der Waals surface area contributed by atoms with Crippen LogP contribution in [0.4, 0.5) is 17.6 Å². The Labute approximate surface area is 229 Å². The van der Waals surface area contributed by atoms with Crippen molar-refractivity contribution in [3.8, 4) is 0 Å². The smallest absolute Gasteiger partial charge is 0.415 e. The molecule has 0 aromatic heterocycles. The molecule has 0 aromatic rings. The number of nitrogens with one attached hydrogen (secondary N) is 2. The van der Waals surface area contributed by atoms with Gasteiger partial charge in [-0.25, -0.2) is 24.1 Å². The number of hydrazine groups is 1. The molecule has 5 aliphatic rings. The fraction of sp³-hybridized carbons (Fsp3) is 0.640. The number of carbonyl (C=O) groups is 2. The van der Waals surface area contributed by atoms with E-state index >= 15 is 4.39 Å². The normalized spacial score (nSPS) is 38.3. The second kappa shape index (κ2) is 10.5. The number of hydrogen-bond donors (Lipinski definition) is 2. The van der Waals surface area contributed by atoms with Crippen molar-refractivity contribution in [2.75, 3.05) is 53.0 Å². The maximum atomic E-state index is 17.4. The van der Waals surface area contributed by atoms with Gasteiger partial charge in [-0.3, -0.25) is 9.80 Å². The largest absolute Gasteiger partial charge is 0.497 e. The van der Waals surface area contributed by atoms with Crippen molar-refractivity contribution in [1.29, 1.82) is 0 Å². The van der Waals surface area contributed by atoms with Crippen LogP contribution < -0.4 is 10.7 Å². The van der Waals surface area contributed by atoms with Crippen molar-refractivity contribution in [3.05, 3.63) is 35.4 Å². The molecule has 1 saturated carbocycles. The summed E-state index contributed by atoms with van der Waals surface area (Å²) >= 11 is 0. The molecule has 2 saturated heterocycles. The van der Waals surface area contributed by atoms with Gasteiger partial charge in [0.15, 0.2) is 5.70 Å². The van der Waals surface area contributed by atoms with Crippen molar-refractivity contribution in [2.45, 2.75) is 43.6 Å². The van der Waals surface area contributed by atoms with Crippen molar-refractivity contribution >= 4 is 18.3 Å². The minimum atomic E-state index is -4.80. The van der Waals surface area contributed by atoms with E-state index in [1.165, 1.54) is 24.2 Å². The summed E-state index contributed by atoms with van der Waals surface area (Å²) < 4.78 is 101. The molecule has 4 unspecified atom stereocenters. The zero-order chi connectivity index (χ0) is 31.4. The summed E-state index contributed by atoms with van der Waals surface area (Å²) in [5, 5.41) is 3.01. The molecule has 5 rings (SSSR count). The van der Waals surface area contributed by atoms with E-state index in [4.69, 9.17) is 15.0 Å². The highest BCUT2D eigenvalue weighted by Crippen LogP contribution is 2.43. The lowest BCUT2D eigenvalue weighted by Gasteiger charge is -2.45. The van der Waals surface area contributed by atoms with Crippen LogP contribution in [0.3, 0.4) is 0 Å². The number of morpholine rings is 1. The number of carbonyl (C=O) groups excluding carboxylic acids is 2. The van der Waals surface area contributed by atoms with Crippen LogP contribution in [0.25, 0.3) is 0 Å². The number of likely N-dealkylation sites (tertiary alicyclic amines) is 1. The summed E-state index contributed by atoms with van der Waals surface area (Å²) in [5.41, 5.74) is 1.09. The average molecular weight is 562 g/mol. The summed E-state index contributed by atoms with van der Waals surface area (Å²) in [6.07, 6.45) is -4.91. The number of rotatable bonds is 7. The van der Waals surface area contributed by atoms with Crippen LogP contribution in [0.1, 0.15) is 31.1 Å². The molecule has 14 heteroatoms. The van der Waals surface area contributed by atoms with Gasteiger partial charge in [0.1, 0.15) is 18.8 Å². The molecule has 2 amide bonds. The fourth-order valence-electron chi connectivity index (χ4n) is 5.30. The maximum absolute atomic E-state index is 17.4. The number of methoxy groups -OCH3 is 1. The van der Waals surface area contributed by atoms with E-state index in [0.717, 1.165) is 0 Å². The molecular weight excluding hydrogens is 524 g/mol.